The molecule has 2 aliphatic rings. The molecule has 0 unspecified atom stereocenters. The average Bonchev–Trinajstić information content (AvgIpc) is 2.84. The number of fused-ring (bicyclic) bond motifs is 1. The number of benzene rings is 2. The maximum atomic E-state index is 13.4. The molecule has 0 spiro atoms. The molecule has 2 aromatic carbocycles. The molecule has 5 nitrogen and oxygen atoms in total. The van der Waals surface area contributed by atoms with Gasteiger partial charge in [-0.15, -0.1) is 0 Å². The molecule has 1 aliphatic carbocycles. The third kappa shape index (κ3) is 5.42. The Morgan fingerprint density at radius 1 is 1.03 bits per heavy atom. The normalized spacial score (nSPS) is 19.1. The van der Waals surface area contributed by atoms with E-state index in [0.29, 0.717) is 17.2 Å². The zero-order chi connectivity index (χ0) is 27.1. The van der Waals surface area contributed by atoms with Gasteiger partial charge < -0.3 is 10.2 Å². The molecule has 4 rings (SSSR count). The summed E-state index contributed by atoms with van der Waals surface area (Å²) in [6.45, 7) is 15.6. The number of phenols is 1. The average molecular weight is 502 g/mol. The molecule has 37 heavy (non-hydrogen) atoms. The molecule has 196 valence electrons. The molecule has 2 N–H and O–H groups in total. The van der Waals surface area contributed by atoms with Gasteiger partial charge in [0, 0.05) is 24.7 Å². The van der Waals surface area contributed by atoms with E-state index in [9.17, 15) is 14.7 Å². The molecule has 2 aromatic rings. The number of hydrogen-bond donors (Lipinski definition) is 2. The summed E-state index contributed by atoms with van der Waals surface area (Å²) in [7, 11) is 0. The van der Waals surface area contributed by atoms with Gasteiger partial charge in [0.1, 0.15) is 11.3 Å². The molecular weight excluding hydrogens is 462 g/mol. The van der Waals surface area contributed by atoms with Gasteiger partial charge in [0.25, 0.3) is 0 Å². The van der Waals surface area contributed by atoms with Gasteiger partial charge in [0.15, 0.2) is 5.78 Å². The van der Waals surface area contributed by atoms with Crippen molar-refractivity contribution in [2.75, 3.05) is 13.1 Å². The van der Waals surface area contributed by atoms with Crippen LogP contribution in [0.2, 0.25) is 0 Å². The fourth-order valence-electron chi connectivity index (χ4n) is 5.68. The van der Waals surface area contributed by atoms with Gasteiger partial charge in [0.2, 0.25) is 0 Å². The van der Waals surface area contributed by atoms with Crippen molar-refractivity contribution in [2.24, 2.45) is 0 Å². The van der Waals surface area contributed by atoms with Gasteiger partial charge in [-0.2, -0.15) is 0 Å². The summed E-state index contributed by atoms with van der Waals surface area (Å²) in [6.07, 6.45) is 8.61. The van der Waals surface area contributed by atoms with Crippen LogP contribution in [0, 0.1) is 0 Å². The van der Waals surface area contributed by atoms with Gasteiger partial charge in [0.05, 0.1) is 0 Å². The Hall–Kier alpha value is -3.18. The third-order valence-corrected chi connectivity index (χ3v) is 8.20. The van der Waals surface area contributed by atoms with Gasteiger partial charge >= 0.3 is 5.97 Å². The van der Waals surface area contributed by atoms with Crippen molar-refractivity contribution in [3.05, 3.63) is 75.9 Å². The standard InChI is InChI=1S/C32H39NO4/c1-20(2)33-15-11-22(12-16-33)25-18-23(19-26-29(25)32(5,6)14-13-31(26,3)4)27(34)10-8-21-7-9-24(30(36)37)28(35)17-21/h7-11,17-20,35H,12-16H2,1-6H3,(H,36,37)/b10-8+. The Kier molecular flexibility index (Phi) is 7.22. The van der Waals surface area contributed by atoms with E-state index >= 15 is 0 Å². The molecule has 0 amide bonds. The highest BCUT2D eigenvalue weighted by Crippen LogP contribution is 2.49. The van der Waals surface area contributed by atoms with Crippen molar-refractivity contribution < 1.29 is 19.8 Å². The lowest BCUT2D eigenvalue weighted by Crippen LogP contribution is -2.37. The van der Waals surface area contributed by atoms with Gasteiger partial charge in [-0.1, -0.05) is 45.9 Å². The lowest BCUT2D eigenvalue weighted by atomic mass is 9.61. The number of aromatic carboxylic acids is 1. The van der Waals surface area contributed by atoms with Crippen LogP contribution in [-0.4, -0.2) is 46.0 Å². The first-order valence-corrected chi connectivity index (χ1v) is 13.2. The summed E-state index contributed by atoms with van der Waals surface area (Å²) >= 11 is 0. The summed E-state index contributed by atoms with van der Waals surface area (Å²) in [4.78, 5) is 27.1. The highest BCUT2D eigenvalue weighted by atomic mass is 16.4. The summed E-state index contributed by atoms with van der Waals surface area (Å²) in [5, 5.41) is 19.1. The van der Waals surface area contributed by atoms with Crippen LogP contribution >= 0.6 is 0 Å². The van der Waals surface area contributed by atoms with Crippen LogP contribution in [0.5, 0.6) is 5.75 Å². The van der Waals surface area contributed by atoms with Gasteiger partial charge in [-0.05, 0) is 102 Å². The topological polar surface area (TPSA) is 77.8 Å². The molecule has 0 fully saturated rings. The lowest BCUT2D eigenvalue weighted by Gasteiger charge is -2.44. The molecule has 5 heteroatoms. The molecule has 0 radical (unpaired) electrons. The van der Waals surface area contributed by atoms with Crippen molar-refractivity contribution in [3.63, 3.8) is 0 Å². The van der Waals surface area contributed by atoms with Crippen molar-refractivity contribution in [1.82, 2.24) is 4.90 Å². The van der Waals surface area contributed by atoms with E-state index < -0.39 is 5.97 Å². The SMILES string of the molecule is CC(C)N1CC=C(c2cc(C(=O)/C=C/c3ccc(C(=O)O)c(O)c3)cc3c2C(C)(C)CCC3(C)C)CC1. The number of carbonyl (C=O) groups excluding carboxylic acids is 1. The van der Waals surface area contributed by atoms with E-state index in [1.54, 1.807) is 12.1 Å². The summed E-state index contributed by atoms with van der Waals surface area (Å²) < 4.78 is 0. The first kappa shape index (κ1) is 26.9. The Labute approximate surface area is 220 Å². The number of ketones is 1. The fourth-order valence-corrected chi connectivity index (χ4v) is 5.68. The van der Waals surface area contributed by atoms with Gasteiger partial charge in [-0.3, -0.25) is 9.69 Å². The van der Waals surface area contributed by atoms with Crippen LogP contribution in [0.15, 0.2) is 42.5 Å². The molecule has 0 bridgehead atoms. The summed E-state index contributed by atoms with van der Waals surface area (Å²) in [5.74, 6) is -1.61. The highest BCUT2D eigenvalue weighted by Gasteiger charge is 2.40. The summed E-state index contributed by atoms with van der Waals surface area (Å²) in [5.41, 5.74) is 6.23. The zero-order valence-electron chi connectivity index (χ0n) is 22.9. The van der Waals surface area contributed by atoms with Crippen molar-refractivity contribution >= 4 is 23.4 Å². The number of hydrogen-bond acceptors (Lipinski definition) is 4. The Balaban J connectivity index is 1.77. The summed E-state index contributed by atoms with van der Waals surface area (Å²) in [6, 6.07) is 8.97. The molecule has 0 saturated carbocycles. The predicted octanol–water partition coefficient (Wildman–Crippen LogP) is 6.83. The first-order chi connectivity index (χ1) is 17.3. The zero-order valence-corrected chi connectivity index (χ0v) is 22.9. The van der Waals surface area contributed by atoms with Crippen LogP contribution in [0.4, 0.5) is 0 Å². The molecule has 1 heterocycles. The van der Waals surface area contributed by atoms with E-state index in [-0.39, 0.29) is 27.9 Å². The van der Waals surface area contributed by atoms with Crippen molar-refractivity contribution in [1.29, 1.82) is 0 Å². The minimum absolute atomic E-state index is 0.0248. The number of rotatable bonds is 6. The van der Waals surface area contributed by atoms with Crippen molar-refractivity contribution in [3.8, 4) is 5.75 Å². The quantitative estimate of drug-likeness (QED) is 0.335. The molecule has 1 aliphatic heterocycles. The van der Waals surface area contributed by atoms with Crippen LogP contribution in [-0.2, 0) is 10.8 Å². The Bertz CT molecular complexity index is 1300. The minimum Gasteiger partial charge on any atom is -0.507 e. The molecule has 0 saturated heterocycles. The number of aromatic hydroxyl groups is 1. The second kappa shape index (κ2) is 9.94. The Morgan fingerprint density at radius 3 is 2.32 bits per heavy atom. The number of carboxylic acid groups (broad SMARTS) is 1. The monoisotopic (exact) mass is 501 g/mol. The Morgan fingerprint density at radius 2 is 1.73 bits per heavy atom. The lowest BCUT2D eigenvalue weighted by molar-refractivity contribution is 0.0693. The van der Waals surface area contributed by atoms with Gasteiger partial charge in [-0.25, -0.2) is 4.79 Å². The van der Waals surface area contributed by atoms with E-state index in [2.05, 4.69) is 64.7 Å². The smallest absolute Gasteiger partial charge is 0.339 e. The molecule has 0 atom stereocenters. The number of carbonyl (C=O) groups is 2. The second-order valence-corrected chi connectivity index (χ2v) is 12.1. The van der Waals surface area contributed by atoms with Crippen LogP contribution in [0.1, 0.15) is 104 Å². The molecule has 0 aromatic heterocycles. The highest BCUT2D eigenvalue weighted by molar-refractivity contribution is 6.07. The maximum Gasteiger partial charge on any atom is 0.339 e. The van der Waals surface area contributed by atoms with E-state index in [0.717, 1.165) is 32.4 Å². The molecular formula is C32H39NO4. The number of allylic oxidation sites excluding steroid dienone is 1. The predicted molar refractivity (Wildman–Crippen MR) is 149 cm³/mol. The van der Waals surface area contributed by atoms with E-state index in [4.69, 9.17) is 5.11 Å². The first-order valence-electron chi connectivity index (χ1n) is 13.2. The van der Waals surface area contributed by atoms with Crippen LogP contribution in [0.25, 0.3) is 11.6 Å². The second-order valence-electron chi connectivity index (χ2n) is 12.1. The van der Waals surface area contributed by atoms with Crippen molar-refractivity contribution in [2.45, 2.75) is 77.7 Å². The minimum atomic E-state index is -1.19. The third-order valence-electron chi connectivity index (χ3n) is 8.20. The largest absolute Gasteiger partial charge is 0.507 e. The van der Waals surface area contributed by atoms with E-state index in [1.807, 2.05) is 0 Å². The fraction of sp³-hybridized carbons (Fsp3) is 0.438. The maximum absolute atomic E-state index is 13.4. The van der Waals surface area contributed by atoms with Crippen LogP contribution in [0.3, 0.4) is 0 Å². The number of nitrogens with zero attached hydrogens (tertiary/aromatic N) is 1. The van der Waals surface area contributed by atoms with E-state index in [1.165, 1.54) is 40.5 Å². The number of carboxylic acids is 1. The van der Waals surface area contributed by atoms with Crippen LogP contribution < -0.4 is 0 Å².